The molecule has 0 aromatic heterocycles. The summed E-state index contributed by atoms with van der Waals surface area (Å²) in [5, 5.41) is 3.48. The van der Waals surface area contributed by atoms with Crippen LogP contribution in [0.25, 0.3) is 0 Å². The summed E-state index contributed by atoms with van der Waals surface area (Å²) in [7, 11) is 0. The van der Waals surface area contributed by atoms with Gasteiger partial charge in [0.2, 0.25) is 0 Å². The van der Waals surface area contributed by atoms with Crippen LogP contribution in [0.3, 0.4) is 0 Å². The molecular weight excluding hydrogens is 110 g/mol. The molecule has 2 atom stereocenters. The third kappa shape index (κ3) is 1.11. The van der Waals surface area contributed by atoms with Crippen LogP contribution < -0.4 is 5.32 Å². The normalized spacial score (nSPS) is 42.7. The highest BCUT2D eigenvalue weighted by Gasteiger charge is 2.25. The van der Waals surface area contributed by atoms with Crippen molar-refractivity contribution >= 4 is 0 Å². The van der Waals surface area contributed by atoms with E-state index in [4.69, 9.17) is 0 Å². The van der Waals surface area contributed by atoms with Crippen LogP contribution in [0.5, 0.6) is 0 Å². The van der Waals surface area contributed by atoms with Crippen LogP contribution in [0, 0.1) is 11.8 Å². The Bertz CT molecular complexity index is 88.7. The molecule has 1 nitrogen and oxygen atoms in total. The standard InChI is InChI=1S/C8H15N/c1-2-8-5-7(1)3-4-9-6-8/h7-9H,1-6H2. The van der Waals surface area contributed by atoms with E-state index in [1.165, 1.54) is 38.8 Å². The van der Waals surface area contributed by atoms with Gasteiger partial charge in [-0.3, -0.25) is 0 Å². The summed E-state index contributed by atoms with van der Waals surface area (Å²) >= 11 is 0. The molecule has 1 saturated heterocycles. The van der Waals surface area contributed by atoms with Crippen molar-refractivity contribution in [3.63, 3.8) is 0 Å². The maximum Gasteiger partial charge on any atom is -0.00204 e. The van der Waals surface area contributed by atoms with Gasteiger partial charge in [-0.25, -0.2) is 0 Å². The molecule has 1 saturated carbocycles. The van der Waals surface area contributed by atoms with Crippen LogP contribution in [-0.2, 0) is 0 Å². The number of fused-ring (bicyclic) bond motifs is 2. The van der Waals surface area contributed by atoms with Crippen LogP contribution >= 0.6 is 0 Å². The lowest BCUT2D eigenvalue weighted by Crippen LogP contribution is -2.20. The van der Waals surface area contributed by atoms with Gasteiger partial charge in [-0.05, 0) is 44.2 Å². The average Bonchev–Trinajstić information content (AvgIpc) is 2.09. The van der Waals surface area contributed by atoms with Crippen molar-refractivity contribution in [2.45, 2.75) is 25.7 Å². The van der Waals surface area contributed by atoms with Crippen LogP contribution in [0.15, 0.2) is 0 Å². The largest absolute Gasteiger partial charge is 0.316 e. The molecule has 2 rings (SSSR count). The highest BCUT2D eigenvalue weighted by molar-refractivity contribution is 4.80. The van der Waals surface area contributed by atoms with Crippen molar-refractivity contribution in [3.05, 3.63) is 0 Å². The van der Waals surface area contributed by atoms with Crippen molar-refractivity contribution < 1.29 is 0 Å². The van der Waals surface area contributed by atoms with Crippen LogP contribution in [0.2, 0.25) is 0 Å². The Hall–Kier alpha value is -0.0400. The number of nitrogens with one attached hydrogen (secondary N) is 1. The lowest BCUT2D eigenvalue weighted by molar-refractivity contribution is 0.498. The molecule has 0 aromatic rings. The first-order chi connectivity index (χ1) is 4.45. The van der Waals surface area contributed by atoms with E-state index in [-0.39, 0.29) is 0 Å². The van der Waals surface area contributed by atoms with Gasteiger partial charge in [-0.2, -0.15) is 0 Å². The highest BCUT2D eigenvalue weighted by atomic mass is 14.9. The van der Waals surface area contributed by atoms with E-state index in [1.54, 1.807) is 0 Å². The molecule has 0 radical (unpaired) electrons. The molecule has 2 fully saturated rings. The van der Waals surface area contributed by atoms with Gasteiger partial charge in [0, 0.05) is 0 Å². The van der Waals surface area contributed by atoms with E-state index in [0.717, 1.165) is 11.8 Å². The zero-order chi connectivity index (χ0) is 6.10. The number of hydrogen-bond donors (Lipinski definition) is 1. The van der Waals surface area contributed by atoms with Gasteiger partial charge >= 0.3 is 0 Å². The monoisotopic (exact) mass is 125 g/mol. The fraction of sp³-hybridized carbons (Fsp3) is 1.00. The number of hydrogen-bond acceptors (Lipinski definition) is 1. The van der Waals surface area contributed by atoms with Crippen LogP contribution in [0.4, 0.5) is 0 Å². The molecule has 1 heterocycles. The number of rotatable bonds is 0. The zero-order valence-electron chi connectivity index (χ0n) is 5.90. The quantitative estimate of drug-likeness (QED) is 0.516. The summed E-state index contributed by atoms with van der Waals surface area (Å²) in [6.45, 7) is 2.58. The van der Waals surface area contributed by atoms with E-state index >= 15 is 0 Å². The van der Waals surface area contributed by atoms with Crippen molar-refractivity contribution in [2.24, 2.45) is 11.8 Å². The molecule has 1 aliphatic heterocycles. The lowest BCUT2D eigenvalue weighted by atomic mass is 10.0. The lowest BCUT2D eigenvalue weighted by Gasteiger charge is -2.07. The summed E-state index contributed by atoms with van der Waals surface area (Å²) in [5.74, 6) is 2.13. The van der Waals surface area contributed by atoms with E-state index in [0.29, 0.717) is 0 Å². The molecule has 0 aromatic carbocycles. The molecule has 9 heavy (non-hydrogen) atoms. The summed E-state index contributed by atoms with van der Waals surface area (Å²) in [4.78, 5) is 0. The SMILES string of the molecule is C1CC2CCC(CN1)C2. The van der Waals surface area contributed by atoms with Gasteiger partial charge in [0.25, 0.3) is 0 Å². The van der Waals surface area contributed by atoms with Crippen LogP contribution in [0.1, 0.15) is 25.7 Å². The molecule has 2 bridgehead atoms. The Morgan fingerprint density at radius 1 is 1.00 bits per heavy atom. The molecule has 1 heteroatoms. The maximum absolute atomic E-state index is 3.48. The first-order valence-electron chi connectivity index (χ1n) is 4.16. The molecule has 1 N–H and O–H groups in total. The Labute approximate surface area is 56.8 Å². The van der Waals surface area contributed by atoms with Gasteiger partial charge < -0.3 is 5.32 Å². The minimum absolute atomic E-state index is 1.04. The minimum Gasteiger partial charge on any atom is -0.316 e. The van der Waals surface area contributed by atoms with E-state index in [2.05, 4.69) is 5.32 Å². The third-order valence-electron chi connectivity index (χ3n) is 2.81. The summed E-state index contributed by atoms with van der Waals surface area (Å²) in [6, 6.07) is 0. The molecule has 52 valence electrons. The van der Waals surface area contributed by atoms with E-state index in [1.807, 2.05) is 0 Å². The average molecular weight is 125 g/mol. The fourth-order valence-electron chi connectivity index (χ4n) is 2.24. The Balaban J connectivity index is 1.99. The predicted octanol–water partition coefficient (Wildman–Crippen LogP) is 1.40. The molecule has 0 amide bonds. The van der Waals surface area contributed by atoms with Gasteiger partial charge in [-0.15, -0.1) is 0 Å². The molecular formula is C8H15N. The molecule has 0 spiro atoms. The molecule has 2 aliphatic rings. The highest BCUT2D eigenvalue weighted by Crippen LogP contribution is 2.33. The van der Waals surface area contributed by atoms with Crippen LogP contribution in [-0.4, -0.2) is 13.1 Å². The second-order valence-electron chi connectivity index (χ2n) is 3.54. The third-order valence-corrected chi connectivity index (χ3v) is 2.81. The minimum atomic E-state index is 1.04. The van der Waals surface area contributed by atoms with Crippen molar-refractivity contribution in [1.29, 1.82) is 0 Å². The molecule has 1 aliphatic carbocycles. The zero-order valence-corrected chi connectivity index (χ0v) is 5.90. The Morgan fingerprint density at radius 2 is 1.89 bits per heavy atom. The topological polar surface area (TPSA) is 12.0 Å². The Kier molecular flexibility index (Phi) is 1.46. The summed E-state index contributed by atoms with van der Waals surface area (Å²) in [5.41, 5.74) is 0. The predicted molar refractivity (Wildman–Crippen MR) is 38.3 cm³/mol. The van der Waals surface area contributed by atoms with Crippen molar-refractivity contribution in [2.75, 3.05) is 13.1 Å². The summed E-state index contributed by atoms with van der Waals surface area (Å²) < 4.78 is 0. The maximum atomic E-state index is 3.48. The van der Waals surface area contributed by atoms with Gasteiger partial charge in [0.1, 0.15) is 0 Å². The van der Waals surface area contributed by atoms with Crippen molar-refractivity contribution in [1.82, 2.24) is 5.32 Å². The van der Waals surface area contributed by atoms with Gasteiger partial charge in [-0.1, -0.05) is 6.42 Å². The summed E-state index contributed by atoms with van der Waals surface area (Å²) in [6.07, 6.45) is 5.98. The second kappa shape index (κ2) is 2.30. The molecule has 2 unspecified atom stereocenters. The van der Waals surface area contributed by atoms with Gasteiger partial charge in [0.15, 0.2) is 0 Å². The first kappa shape index (κ1) is 5.72. The second-order valence-corrected chi connectivity index (χ2v) is 3.54. The first-order valence-corrected chi connectivity index (χ1v) is 4.16. The Morgan fingerprint density at radius 3 is 2.89 bits per heavy atom. The smallest absolute Gasteiger partial charge is 0.00204 e. The fourth-order valence-corrected chi connectivity index (χ4v) is 2.24. The van der Waals surface area contributed by atoms with E-state index in [9.17, 15) is 0 Å². The van der Waals surface area contributed by atoms with E-state index < -0.39 is 0 Å². The van der Waals surface area contributed by atoms with Gasteiger partial charge in [0.05, 0.1) is 0 Å². The van der Waals surface area contributed by atoms with Crippen molar-refractivity contribution in [3.8, 4) is 0 Å².